The molecule has 1 saturated heterocycles. The first-order chi connectivity index (χ1) is 15.7. The first kappa shape index (κ1) is 22.2. The fraction of sp³-hybridized carbons (Fsp3) is 0.786. The zero-order valence-electron chi connectivity index (χ0n) is 20.2. The summed E-state index contributed by atoms with van der Waals surface area (Å²) in [5.41, 5.74) is -0.547. The van der Waals surface area contributed by atoms with Crippen LogP contribution in [-0.4, -0.2) is 40.8 Å². The van der Waals surface area contributed by atoms with Crippen LogP contribution in [0.1, 0.15) is 78.6 Å². The molecule has 6 rings (SSSR count). The second-order valence-corrected chi connectivity index (χ2v) is 12.2. The number of carbonyl (C=O) groups excluding carboxylic acids is 2. The molecule has 0 aromatic carbocycles. The van der Waals surface area contributed by atoms with Crippen molar-refractivity contribution < 1.29 is 24.2 Å². The van der Waals surface area contributed by atoms with E-state index in [0.717, 1.165) is 37.7 Å². The standard InChI is InChI=1S/C28H38O5/c1-16(29)28-23(32-25(33-28)17-7-5-4-6-8-17)14-21-20-10-9-18-13-19(30)11-12-26(18,2)24(20)22(31)15-27(21,28)3/h11-13,17,20-25,31H,4-10,14-15H2,1-3H3/t20-,21-,22-,23+,24+,25+,26-,27-,28+/m0/s1. The Hall–Kier alpha value is -1.30. The highest BCUT2D eigenvalue weighted by atomic mass is 16.7. The zero-order chi connectivity index (χ0) is 23.2. The summed E-state index contributed by atoms with van der Waals surface area (Å²) < 4.78 is 13.4. The second-order valence-electron chi connectivity index (χ2n) is 12.2. The van der Waals surface area contributed by atoms with Crippen LogP contribution in [0.25, 0.3) is 0 Å². The SMILES string of the molecule is CC(=O)[C@@]12O[C@H](C3CCCCC3)O[C@@H]1C[C@H]1[C@@H]3CCC4=CC(=O)C=C[C@]4(C)[C@H]3[C@@H](O)C[C@@]12C. The van der Waals surface area contributed by atoms with Gasteiger partial charge < -0.3 is 14.6 Å². The number of carbonyl (C=O) groups is 2. The minimum Gasteiger partial charge on any atom is -0.393 e. The third-order valence-electron chi connectivity index (χ3n) is 10.8. The summed E-state index contributed by atoms with van der Waals surface area (Å²) in [4.78, 5) is 25.4. The predicted molar refractivity (Wildman–Crippen MR) is 123 cm³/mol. The van der Waals surface area contributed by atoms with Gasteiger partial charge in [-0.3, -0.25) is 9.59 Å². The van der Waals surface area contributed by atoms with Crippen molar-refractivity contribution in [2.75, 3.05) is 0 Å². The first-order valence-corrected chi connectivity index (χ1v) is 13.2. The molecule has 1 heterocycles. The van der Waals surface area contributed by atoms with Crippen molar-refractivity contribution in [3.05, 3.63) is 23.8 Å². The predicted octanol–water partition coefficient (Wildman–Crippen LogP) is 4.52. The van der Waals surface area contributed by atoms with Crippen LogP contribution in [0.2, 0.25) is 0 Å². The Morgan fingerprint density at radius 2 is 1.91 bits per heavy atom. The lowest BCUT2D eigenvalue weighted by Crippen LogP contribution is -2.62. The van der Waals surface area contributed by atoms with Gasteiger partial charge in [-0.05, 0) is 69.4 Å². The fourth-order valence-electron chi connectivity index (χ4n) is 9.36. The first-order valence-electron chi connectivity index (χ1n) is 13.2. The van der Waals surface area contributed by atoms with Gasteiger partial charge in [-0.15, -0.1) is 0 Å². The Kier molecular flexibility index (Phi) is 4.94. The van der Waals surface area contributed by atoms with Crippen molar-refractivity contribution in [3.8, 4) is 0 Å². The average Bonchev–Trinajstić information content (AvgIpc) is 3.28. The van der Waals surface area contributed by atoms with Gasteiger partial charge in [-0.2, -0.15) is 0 Å². The zero-order valence-corrected chi connectivity index (χ0v) is 20.2. The number of Topliss-reactive ketones (excluding diaryl/α,β-unsaturated/α-hetero) is 1. The van der Waals surface area contributed by atoms with Crippen LogP contribution in [0.5, 0.6) is 0 Å². The number of ketones is 2. The molecule has 5 heteroatoms. The van der Waals surface area contributed by atoms with E-state index in [1.165, 1.54) is 19.3 Å². The molecule has 1 N–H and O–H groups in total. The van der Waals surface area contributed by atoms with Gasteiger partial charge in [0.1, 0.15) is 0 Å². The number of hydrogen-bond donors (Lipinski definition) is 1. The second kappa shape index (κ2) is 7.35. The topological polar surface area (TPSA) is 72.8 Å². The molecular formula is C28H38O5. The largest absolute Gasteiger partial charge is 0.393 e. The van der Waals surface area contributed by atoms with Crippen LogP contribution in [0.3, 0.4) is 0 Å². The average molecular weight is 455 g/mol. The number of aliphatic hydroxyl groups is 1. The third-order valence-corrected chi connectivity index (χ3v) is 10.8. The molecule has 0 aromatic heterocycles. The highest BCUT2D eigenvalue weighted by Crippen LogP contribution is 2.70. The van der Waals surface area contributed by atoms with Gasteiger partial charge in [0.05, 0.1) is 12.2 Å². The van der Waals surface area contributed by atoms with Crippen molar-refractivity contribution in [1.82, 2.24) is 0 Å². The molecule has 0 aromatic rings. The molecule has 0 spiro atoms. The Morgan fingerprint density at radius 1 is 1.15 bits per heavy atom. The summed E-state index contributed by atoms with van der Waals surface area (Å²) in [7, 11) is 0. The number of allylic oxidation sites excluding steroid dienone is 4. The van der Waals surface area contributed by atoms with Crippen molar-refractivity contribution in [2.24, 2.45) is 34.5 Å². The molecule has 0 unspecified atom stereocenters. The summed E-state index contributed by atoms with van der Waals surface area (Å²) in [5.74, 6) is 1.08. The van der Waals surface area contributed by atoms with E-state index in [9.17, 15) is 14.7 Å². The van der Waals surface area contributed by atoms with Crippen LogP contribution in [-0.2, 0) is 19.1 Å². The van der Waals surface area contributed by atoms with Gasteiger partial charge in [0.25, 0.3) is 0 Å². The lowest BCUT2D eigenvalue weighted by molar-refractivity contribution is -0.207. The van der Waals surface area contributed by atoms with E-state index in [2.05, 4.69) is 13.8 Å². The molecule has 0 radical (unpaired) electrons. The van der Waals surface area contributed by atoms with Gasteiger partial charge in [0, 0.05) is 22.7 Å². The quantitative estimate of drug-likeness (QED) is 0.664. The molecule has 1 aliphatic heterocycles. The minimum absolute atomic E-state index is 0.0527. The number of fused-ring (bicyclic) bond motifs is 7. The van der Waals surface area contributed by atoms with Gasteiger partial charge in [-0.25, -0.2) is 0 Å². The van der Waals surface area contributed by atoms with E-state index in [1.54, 1.807) is 19.1 Å². The van der Waals surface area contributed by atoms with Crippen LogP contribution >= 0.6 is 0 Å². The number of aliphatic hydroxyl groups excluding tert-OH is 1. The van der Waals surface area contributed by atoms with Crippen LogP contribution < -0.4 is 0 Å². The summed E-state index contributed by atoms with van der Waals surface area (Å²) in [6, 6.07) is 0. The maximum Gasteiger partial charge on any atom is 0.178 e. The van der Waals surface area contributed by atoms with Crippen molar-refractivity contribution in [1.29, 1.82) is 0 Å². The Labute approximate surface area is 197 Å². The van der Waals surface area contributed by atoms with Crippen molar-refractivity contribution >= 4 is 11.6 Å². The molecule has 0 bridgehead atoms. The molecule has 4 saturated carbocycles. The Balaban J connectivity index is 1.36. The highest BCUT2D eigenvalue weighted by Gasteiger charge is 2.75. The maximum absolute atomic E-state index is 13.4. The number of rotatable bonds is 2. The molecule has 0 amide bonds. The monoisotopic (exact) mass is 454 g/mol. The van der Waals surface area contributed by atoms with E-state index in [0.29, 0.717) is 12.3 Å². The molecule has 180 valence electrons. The number of ether oxygens (including phenoxy) is 2. The van der Waals surface area contributed by atoms with E-state index in [-0.39, 0.29) is 47.1 Å². The summed E-state index contributed by atoms with van der Waals surface area (Å²) in [6.45, 7) is 6.05. The molecule has 5 nitrogen and oxygen atoms in total. The smallest absolute Gasteiger partial charge is 0.178 e. The van der Waals surface area contributed by atoms with Gasteiger partial charge >= 0.3 is 0 Å². The molecule has 5 aliphatic carbocycles. The summed E-state index contributed by atoms with van der Waals surface area (Å²) in [6.07, 6.45) is 13.5. The number of hydrogen-bond acceptors (Lipinski definition) is 5. The highest BCUT2D eigenvalue weighted by molar-refractivity contribution is 6.01. The Morgan fingerprint density at radius 3 is 2.64 bits per heavy atom. The molecule has 9 atom stereocenters. The summed E-state index contributed by atoms with van der Waals surface area (Å²) in [5, 5.41) is 11.7. The van der Waals surface area contributed by atoms with Gasteiger partial charge in [-0.1, -0.05) is 44.8 Å². The van der Waals surface area contributed by atoms with Crippen molar-refractivity contribution in [2.45, 2.75) is 103 Å². The fourth-order valence-corrected chi connectivity index (χ4v) is 9.36. The molecule has 6 aliphatic rings. The van der Waals surface area contributed by atoms with E-state index in [4.69, 9.17) is 9.47 Å². The lowest BCUT2D eigenvalue weighted by atomic mass is 9.46. The molecule has 33 heavy (non-hydrogen) atoms. The third kappa shape index (κ3) is 2.82. The minimum atomic E-state index is -0.957. The van der Waals surface area contributed by atoms with Gasteiger partial charge in [0.15, 0.2) is 23.5 Å². The van der Waals surface area contributed by atoms with Crippen LogP contribution in [0.15, 0.2) is 23.8 Å². The molecule has 5 fully saturated rings. The van der Waals surface area contributed by atoms with E-state index >= 15 is 0 Å². The Bertz CT molecular complexity index is 931. The van der Waals surface area contributed by atoms with Crippen LogP contribution in [0.4, 0.5) is 0 Å². The van der Waals surface area contributed by atoms with Crippen LogP contribution in [0, 0.1) is 34.5 Å². The van der Waals surface area contributed by atoms with E-state index in [1.807, 2.05) is 6.08 Å². The summed E-state index contributed by atoms with van der Waals surface area (Å²) >= 11 is 0. The van der Waals surface area contributed by atoms with E-state index < -0.39 is 17.1 Å². The van der Waals surface area contributed by atoms with Gasteiger partial charge in [0.2, 0.25) is 0 Å². The lowest BCUT2D eigenvalue weighted by Gasteiger charge is -2.59. The molecular weight excluding hydrogens is 416 g/mol. The maximum atomic E-state index is 13.4. The normalized spacial score (nSPS) is 51.4. The van der Waals surface area contributed by atoms with Crippen molar-refractivity contribution in [3.63, 3.8) is 0 Å².